The van der Waals surface area contributed by atoms with E-state index in [2.05, 4.69) is 41.0 Å². The molecule has 0 saturated carbocycles. The molecule has 1 fully saturated rings. The zero-order valence-electron chi connectivity index (χ0n) is 16.4. The van der Waals surface area contributed by atoms with Crippen molar-refractivity contribution in [2.24, 2.45) is 0 Å². The number of aryl methyl sites for hydroxylation is 3. The summed E-state index contributed by atoms with van der Waals surface area (Å²) in [5.74, 6) is 1.34. The number of fused-ring (bicyclic) bond motifs is 1. The van der Waals surface area contributed by atoms with Gasteiger partial charge in [0, 0.05) is 42.5 Å². The van der Waals surface area contributed by atoms with Gasteiger partial charge < -0.3 is 4.74 Å². The van der Waals surface area contributed by atoms with Crippen LogP contribution in [0.2, 0.25) is 0 Å². The van der Waals surface area contributed by atoms with E-state index in [1.165, 1.54) is 16.7 Å². The minimum Gasteiger partial charge on any atom is -0.496 e. The highest BCUT2D eigenvalue weighted by Crippen LogP contribution is 2.29. The second-order valence-electron chi connectivity index (χ2n) is 7.61. The quantitative estimate of drug-likeness (QED) is 0.771. The number of nitrogens with one attached hydrogen (secondary N) is 1. The van der Waals surface area contributed by atoms with Crippen LogP contribution < -0.4 is 10.3 Å². The molecule has 0 unspecified atom stereocenters. The van der Waals surface area contributed by atoms with Gasteiger partial charge in [0.1, 0.15) is 5.75 Å². The first kappa shape index (κ1) is 17.8. The molecule has 1 saturated heterocycles. The molecule has 1 aliphatic heterocycles. The van der Waals surface area contributed by atoms with Gasteiger partial charge in [-0.05, 0) is 56.5 Å². The van der Waals surface area contributed by atoms with Crippen LogP contribution in [0.1, 0.15) is 40.4 Å². The molecule has 1 aromatic carbocycles. The fourth-order valence-electron chi connectivity index (χ4n) is 4.05. The maximum Gasteiger partial charge on any atom is 0.272 e. The van der Waals surface area contributed by atoms with Gasteiger partial charge in [0.2, 0.25) is 0 Å². The van der Waals surface area contributed by atoms with Crippen molar-refractivity contribution in [2.75, 3.05) is 20.2 Å². The lowest BCUT2D eigenvalue weighted by Gasteiger charge is -2.18. The molecule has 1 aliphatic rings. The van der Waals surface area contributed by atoms with Gasteiger partial charge >= 0.3 is 0 Å². The Balaban J connectivity index is 1.52. The van der Waals surface area contributed by atoms with Crippen molar-refractivity contribution >= 4 is 5.65 Å². The average molecular weight is 366 g/mol. The standard InChI is InChI=1S/C21H26N4O2/c1-13-8-19(27-4)14(2)7-17(13)12-24-6-5-16(11-24)18-10-20-22-15(3)9-21(26)25(20)23-18/h7-10,16,23H,5-6,11-12H2,1-4H3/t16-/m1/s1. The summed E-state index contributed by atoms with van der Waals surface area (Å²) in [5, 5.41) is 3.25. The molecule has 27 heavy (non-hydrogen) atoms. The van der Waals surface area contributed by atoms with Gasteiger partial charge in [-0.25, -0.2) is 9.50 Å². The van der Waals surface area contributed by atoms with Crippen molar-refractivity contribution in [1.82, 2.24) is 19.5 Å². The lowest BCUT2D eigenvalue weighted by atomic mass is 10.0. The number of likely N-dealkylation sites (tertiary alicyclic amines) is 1. The Bertz CT molecular complexity index is 1050. The molecule has 3 heterocycles. The van der Waals surface area contributed by atoms with E-state index < -0.39 is 0 Å². The first-order valence-electron chi connectivity index (χ1n) is 9.40. The molecule has 6 heteroatoms. The van der Waals surface area contributed by atoms with Crippen LogP contribution in [0.15, 0.2) is 29.1 Å². The van der Waals surface area contributed by atoms with Crippen molar-refractivity contribution in [2.45, 2.75) is 39.7 Å². The fraction of sp³-hybridized carbons (Fsp3) is 0.429. The molecule has 0 spiro atoms. The smallest absolute Gasteiger partial charge is 0.272 e. The number of rotatable bonds is 4. The van der Waals surface area contributed by atoms with E-state index in [4.69, 9.17) is 4.74 Å². The van der Waals surface area contributed by atoms with E-state index in [-0.39, 0.29) is 5.56 Å². The largest absolute Gasteiger partial charge is 0.496 e. The van der Waals surface area contributed by atoms with E-state index >= 15 is 0 Å². The third kappa shape index (κ3) is 3.37. The molecule has 6 nitrogen and oxygen atoms in total. The van der Waals surface area contributed by atoms with Gasteiger partial charge in [-0.1, -0.05) is 6.07 Å². The number of ether oxygens (including phenoxy) is 1. The molecular formula is C21H26N4O2. The Labute approximate surface area is 158 Å². The molecule has 0 radical (unpaired) electrons. The normalized spacial score (nSPS) is 17.7. The number of benzene rings is 1. The van der Waals surface area contributed by atoms with Gasteiger partial charge in [0.05, 0.1) is 7.11 Å². The zero-order valence-corrected chi connectivity index (χ0v) is 16.4. The Morgan fingerprint density at radius 2 is 2.00 bits per heavy atom. The van der Waals surface area contributed by atoms with Crippen LogP contribution in [0, 0.1) is 20.8 Å². The second-order valence-corrected chi connectivity index (χ2v) is 7.61. The summed E-state index contributed by atoms with van der Waals surface area (Å²) in [7, 11) is 1.72. The lowest BCUT2D eigenvalue weighted by Crippen LogP contribution is -2.20. The van der Waals surface area contributed by atoms with E-state index in [1.54, 1.807) is 17.7 Å². The lowest BCUT2D eigenvalue weighted by molar-refractivity contribution is 0.325. The molecule has 0 bridgehead atoms. The highest BCUT2D eigenvalue weighted by molar-refractivity contribution is 5.42. The Morgan fingerprint density at radius 3 is 2.78 bits per heavy atom. The van der Waals surface area contributed by atoms with Crippen LogP contribution in [-0.2, 0) is 6.54 Å². The third-order valence-corrected chi connectivity index (χ3v) is 5.56. The molecule has 1 atom stereocenters. The van der Waals surface area contributed by atoms with E-state index in [0.29, 0.717) is 11.6 Å². The van der Waals surface area contributed by atoms with Crippen LogP contribution in [0.4, 0.5) is 0 Å². The summed E-state index contributed by atoms with van der Waals surface area (Å²) in [6.07, 6.45) is 1.08. The topological polar surface area (TPSA) is 62.6 Å². The minimum absolute atomic E-state index is 0.0528. The highest BCUT2D eigenvalue weighted by atomic mass is 16.5. The molecule has 3 aromatic rings. The summed E-state index contributed by atoms with van der Waals surface area (Å²) in [5.41, 5.74) is 6.28. The summed E-state index contributed by atoms with van der Waals surface area (Å²) in [6.45, 7) is 9.04. The van der Waals surface area contributed by atoms with Gasteiger partial charge in [0.25, 0.3) is 5.56 Å². The summed E-state index contributed by atoms with van der Waals surface area (Å²) in [4.78, 5) is 19.1. The van der Waals surface area contributed by atoms with Crippen LogP contribution in [0.5, 0.6) is 5.75 Å². The molecule has 2 aromatic heterocycles. The third-order valence-electron chi connectivity index (χ3n) is 5.56. The highest BCUT2D eigenvalue weighted by Gasteiger charge is 2.26. The van der Waals surface area contributed by atoms with E-state index in [9.17, 15) is 4.79 Å². The molecule has 1 N–H and O–H groups in total. The number of aromatic amines is 1. The van der Waals surface area contributed by atoms with Crippen LogP contribution in [0.3, 0.4) is 0 Å². The predicted octanol–water partition coefficient (Wildman–Crippen LogP) is 2.95. The molecule has 0 amide bonds. The van der Waals surface area contributed by atoms with E-state index in [1.807, 2.05) is 13.0 Å². The van der Waals surface area contributed by atoms with Gasteiger partial charge in [-0.15, -0.1) is 0 Å². The monoisotopic (exact) mass is 366 g/mol. The SMILES string of the molecule is COc1cc(C)c(CN2CC[C@@H](c3cc4nc(C)cc(=O)n4[nH]3)C2)cc1C. The van der Waals surface area contributed by atoms with Gasteiger partial charge in [-0.2, -0.15) is 0 Å². The minimum atomic E-state index is -0.0528. The molecule has 0 aliphatic carbocycles. The number of methoxy groups -OCH3 is 1. The number of nitrogens with zero attached hydrogens (tertiary/aromatic N) is 3. The Hall–Kier alpha value is -2.60. The average Bonchev–Trinajstić information content (AvgIpc) is 3.24. The number of hydrogen-bond donors (Lipinski definition) is 1. The molecule has 4 rings (SSSR count). The fourth-order valence-corrected chi connectivity index (χ4v) is 4.05. The number of hydrogen-bond acceptors (Lipinski definition) is 4. The summed E-state index contributed by atoms with van der Waals surface area (Å²) < 4.78 is 6.96. The Kier molecular flexibility index (Phi) is 4.52. The van der Waals surface area contributed by atoms with E-state index in [0.717, 1.165) is 43.2 Å². The van der Waals surface area contributed by atoms with Crippen LogP contribution >= 0.6 is 0 Å². The van der Waals surface area contributed by atoms with Crippen molar-refractivity contribution in [3.63, 3.8) is 0 Å². The number of aromatic nitrogens is 3. The van der Waals surface area contributed by atoms with Crippen molar-refractivity contribution in [3.8, 4) is 5.75 Å². The first-order chi connectivity index (χ1) is 12.9. The second kappa shape index (κ2) is 6.85. The zero-order chi connectivity index (χ0) is 19.1. The molecule has 142 valence electrons. The maximum absolute atomic E-state index is 12.1. The number of H-pyrrole nitrogens is 1. The molecular weight excluding hydrogens is 340 g/mol. The summed E-state index contributed by atoms with van der Waals surface area (Å²) >= 11 is 0. The van der Waals surface area contributed by atoms with Gasteiger partial charge in [-0.3, -0.25) is 14.8 Å². The van der Waals surface area contributed by atoms with Crippen molar-refractivity contribution < 1.29 is 4.74 Å². The first-order valence-corrected chi connectivity index (χ1v) is 9.40. The van der Waals surface area contributed by atoms with Crippen molar-refractivity contribution in [1.29, 1.82) is 0 Å². The van der Waals surface area contributed by atoms with Crippen molar-refractivity contribution in [3.05, 3.63) is 62.7 Å². The van der Waals surface area contributed by atoms with Crippen LogP contribution in [-0.4, -0.2) is 39.7 Å². The maximum atomic E-state index is 12.1. The van der Waals surface area contributed by atoms with Gasteiger partial charge in [0.15, 0.2) is 5.65 Å². The predicted molar refractivity (Wildman–Crippen MR) is 106 cm³/mol. The van der Waals surface area contributed by atoms with Crippen LogP contribution in [0.25, 0.3) is 5.65 Å². The summed E-state index contributed by atoms with van der Waals surface area (Å²) in [6, 6.07) is 7.93. The Morgan fingerprint density at radius 1 is 1.19 bits per heavy atom.